The SMILES string of the molecule is CCc1cccc(C)c1NC(=O)CN1CCCC1c1nnc2n1CCCCC2. The minimum absolute atomic E-state index is 0.0616. The summed E-state index contributed by atoms with van der Waals surface area (Å²) in [6.45, 7) is 6.53. The summed E-state index contributed by atoms with van der Waals surface area (Å²) in [5.74, 6) is 2.25. The van der Waals surface area contributed by atoms with Crippen LogP contribution in [0.5, 0.6) is 0 Å². The lowest BCUT2D eigenvalue weighted by Gasteiger charge is -2.24. The van der Waals surface area contributed by atoms with Gasteiger partial charge >= 0.3 is 0 Å². The highest BCUT2D eigenvalue weighted by Crippen LogP contribution is 2.32. The Bertz CT molecular complexity index is 843. The molecule has 0 bridgehead atoms. The second-order valence-electron chi connectivity index (χ2n) is 8.08. The molecule has 2 aromatic rings. The van der Waals surface area contributed by atoms with Gasteiger partial charge in [-0.1, -0.05) is 31.5 Å². The molecule has 1 fully saturated rings. The summed E-state index contributed by atoms with van der Waals surface area (Å²) in [5.41, 5.74) is 3.28. The highest BCUT2D eigenvalue weighted by Gasteiger charge is 2.32. The fourth-order valence-corrected chi connectivity index (χ4v) is 4.63. The molecule has 1 saturated heterocycles. The maximum atomic E-state index is 12.9. The van der Waals surface area contributed by atoms with E-state index in [9.17, 15) is 4.79 Å². The number of fused-ring (bicyclic) bond motifs is 1. The van der Waals surface area contributed by atoms with Gasteiger partial charge in [0.1, 0.15) is 11.6 Å². The summed E-state index contributed by atoms with van der Waals surface area (Å²) in [7, 11) is 0. The molecular formula is C22H31N5O. The van der Waals surface area contributed by atoms with Crippen LogP contribution in [0, 0.1) is 6.92 Å². The monoisotopic (exact) mass is 381 g/mol. The second-order valence-corrected chi connectivity index (χ2v) is 8.08. The fraction of sp³-hybridized carbons (Fsp3) is 0.591. The Morgan fingerprint density at radius 3 is 2.93 bits per heavy atom. The summed E-state index contributed by atoms with van der Waals surface area (Å²) < 4.78 is 2.32. The lowest BCUT2D eigenvalue weighted by Crippen LogP contribution is -2.34. The Morgan fingerprint density at radius 1 is 1.18 bits per heavy atom. The van der Waals surface area contributed by atoms with Gasteiger partial charge in [-0.15, -0.1) is 10.2 Å². The van der Waals surface area contributed by atoms with Gasteiger partial charge in [0.2, 0.25) is 5.91 Å². The molecule has 4 rings (SSSR count). The molecule has 0 radical (unpaired) electrons. The molecule has 1 aromatic heterocycles. The molecular weight excluding hydrogens is 350 g/mol. The van der Waals surface area contributed by atoms with E-state index in [2.05, 4.69) is 57.0 Å². The third-order valence-electron chi connectivity index (χ3n) is 6.15. The van der Waals surface area contributed by atoms with E-state index < -0.39 is 0 Å². The molecule has 2 aliphatic rings. The van der Waals surface area contributed by atoms with Crippen molar-refractivity contribution in [3.8, 4) is 0 Å². The number of amides is 1. The largest absolute Gasteiger partial charge is 0.324 e. The van der Waals surface area contributed by atoms with Gasteiger partial charge < -0.3 is 9.88 Å². The first-order valence-electron chi connectivity index (χ1n) is 10.7. The van der Waals surface area contributed by atoms with Gasteiger partial charge in [-0.25, -0.2) is 0 Å². The zero-order chi connectivity index (χ0) is 19.5. The van der Waals surface area contributed by atoms with Crippen molar-refractivity contribution in [2.75, 3.05) is 18.4 Å². The Morgan fingerprint density at radius 2 is 2.07 bits per heavy atom. The van der Waals surface area contributed by atoms with E-state index in [0.29, 0.717) is 6.54 Å². The number of anilines is 1. The molecule has 6 heteroatoms. The summed E-state index contributed by atoms with van der Waals surface area (Å²) in [4.78, 5) is 15.1. The maximum absolute atomic E-state index is 12.9. The fourth-order valence-electron chi connectivity index (χ4n) is 4.63. The molecule has 0 saturated carbocycles. The van der Waals surface area contributed by atoms with Crippen LogP contribution in [0.3, 0.4) is 0 Å². The van der Waals surface area contributed by atoms with E-state index in [1.807, 2.05) is 0 Å². The number of nitrogens with zero attached hydrogens (tertiary/aromatic N) is 4. The van der Waals surface area contributed by atoms with Crippen LogP contribution in [0.2, 0.25) is 0 Å². The van der Waals surface area contributed by atoms with Crippen molar-refractivity contribution in [3.05, 3.63) is 41.0 Å². The minimum atomic E-state index is 0.0616. The summed E-state index contributed by atoms with van der Waals surface area (Å²) in [6, 6.07) is 6.40. The zero-order valence-corrected chi connectivity index (χ0v) is 17.1. The van der Waals surface area contributed by atoms with Crippen molar-refractivity contribution in [1.82, 2.24) is 19.7 Å². The van der Waals surface area contributed by atoms with E-state index in [1.54, 1.807) is 0 Å². The smallest absolute Gasteiger partial charge is 0.238 e. The normalized spacial score (nSPS) is 20.0. The molecule has 2 aliphatic heterocycles. The lowest BCUT2D eigenvalue weighted by atomic mass is 10.1. The first-order valence-corrected chi connectivity index (χ1v) is 10.7. The molecule has 1 atom stereocenters. The Labute approximate surface area is 167 Å². The number of carbonyl (C=O) groups excluding carboxylic acids is 1. The van der Waals surface area contributed by atoms with Crippen molar-refractivity contribution in [3.63, 3.8) is 0 Å². The average Bonchev–Trinajstić information content (AvgIpc) is 3.23. The van der Waals surface area contributed by atoms with Gasteiger partial charge in [0.05, 0.1) is 12.6 Å². The number of rotatable bonds is 5. The highest BCUT2D eigenvalue weighted by atomic mass is 16.2. The molecule has 150 valence electrons. The Balaban J connectivity index is 1.48. The molecule has 1 N–H and O–H groups in total. The number of carbonyl (C=O) groups is 1. The number of hydrogen-bond acceptors (Lipinski definition) is 4. The molecule has 3 heterocycles. The maximum Gasteiger partial charge on any atom is 0.238 e. The predicted octanol–water partition coefficient (Wildman–Crippen LogP) is 3.65. The van der Waals surface area contributed by atoms with Crippen molar-refractivity contribution in [2.45, 2.75) is 71.4 Å². The number of para-hydroxylation sites is 1. The van der Waals surface area contributed by atoms with Crippen LogP contribution in [0.1, 0.15) is 67.8 Å². The number of likely N-dealkylation sites (tertiary alicyclic amines) is 1. The number of hydrogen-bond donors (Lipinski definition) is 1. The van der Waals surface area contributed by atoms with Crippen molar-refractivity contribution in [2.24, 2.45) is 0 Å². The first-order chi connectivity index (χ1) is 13.7. The average molecular weight is 382 g/mol. The van der Waals surface area contributed by atoms with Crippen LogP contribution < -0.4 is 5.32 Å². The third-order valence-corrected chi connectivity index (χ3v) is 6.15. The van der Waals surface area contributed by atoms with Gasteiger partial charge in [0.15, 0.2) is 0 Å². The summed E-state index contributed by atoms with van der Waals surface area (Å²) in [6.07, 6.45) is 7.74. The topological polar surface area (TPSA) is 63.1 Å². The van der Waals surface area contributed by atoms with Crippen LogP contribution in [-0.4, -0.2) is 38.7 Å². The Hall–Kier alpha value is -2.21. The molecule has 0 aliphatic carbocycles. The van der Waals surface area contributed by atoms with E-state index >= 15 is 0 Å². The Kier molecular flexibility index (Phi) is 5.76. The van der Waals surface area contributed by atoms with Gasteiger partial charge in [0.25, 0.3) is 0 Å². The molecule has 0 spiro atoms. The number of benzene rings is 1. The first kappa shape index (κ1) is 19.1. The molecule has 1 unspecified atom stereocenters. The highest BCUT2D eigenvalue weighted by molar-refractivity contribution is 5.93. The van der Waals surface area contributed by atoms with Crippen LogP contribution in [0.4, 0.5) is 5.69 Å². The molecule has 1 aromatic carbocycles. The lowest BCUT2D eigenvalue weighted by molar-refractivity contribution is -0.117. The third kappa shape index (κ3) is 3.83. The standard InChI is InChI=1S/C22H31N5O/c1-3-17-10-7-9-16(2)21(17)23-20(28)15-26-13-8-11-18(26)22-25-24-19-12-5-4-6-14-27(19)22/h7,9-10,18H,3-6,8,11-15H2,1-2H3,(H,23,28). The van der Waals surface area contributed by atoms with E-state index in [1.165, 1.54) is 24.8 Å². The number of nitrogens with one attached hydrogen (secondary N) is 1. The van der Waals surface area contributed by atoms with Gasteiger partial charge in [0, 0.05) is 18.7 Å². The predicted molar refractivity (Wildman–Crippen MR) is 110 cm³/mol. The summed E-state index contributed by atoms with van der Waals surface area (Å²) >= 11 is 0. The van der Waals surface area contributed by atoms with Crippen molar-refractivity contribution >= 4 is 11.6 Å². The van der Waals surface area contributed by atoms with Gasteiger partial charge in [-0.2, -0.15) is 0 Å². The number of aromatic nitrogens is 3. The zero-order valence-electron chi connectivity index (χ0n) is 17.1. The molecule has 6 nitrogen and oxygen atoms in total. The number of aryl methyl sites for hydroxylation is 3. The van der Waals surface area contributed by atoms with E-state index in [0.717, 1.165) is 61.7 Å². The van der Waals surface area contributed by atoms with Gasteiger partial charge in [-0.05, 0) is 56.7 Å². The van der Waals surface area contributed by atoms with E-state index in [-0.39, 0.29) is 11.9 Å². The van der Waals surface area contributed by atoms with Gasteiger partial charge in [-0.3, -0.25) is 9.69 Å². The van der Waals surface area contributed by atoms with E-state index in [4.69, 9.17) is 0 Å². The minimum Gasteiger partial charge on any atom is -0.324 e. The van der Waals surface area contributed by atoms with Crippen LogP contribution in [0.25, 0.3) is 0 Å². The second kappa shape index (κ2) is 8.43. The van der Waals surface area contributed by atoms with Crippen LogP contribution in [0.15, 0.2) is 18.2 Å². The molecule has 28 heavy (non-hydrogen) atoms. The summed E-state index contributed by atoms with van der Waals surface area (Å²) in [5, 5.41) is 12.2. The van der Waals surface area contributed by atoms with Crippen LogP contribution >= 0.6 is 0 Å². The van der Waals surface area contributed by atoms with Crippen molar-refractivity contribution in [1.29, 1.82) is 0 Å². The molecule has 1 amide bonds. The van der Waals surface area contributed by atoms with Crippen molar-refractivity contribution < 1.29 is 4.79 Å². The van der Waals surface area contributed by atoms with Crippen LogP contribution in [-0.2, 0) is 24.2 Å². The quantitative estimate of drug-likeness (QED) is 0.859.